The fourth-order valence-corrected chi connectivity index (χ4v) is 2.13. The van der Waals surface area contributed by atoms with E-state index in [4.69, 9.17) is 4.74 Å². The largest absolute Gasteiger partial charge is 0.494 e. The maximum atomic E-state index is 11.1. The van der Waals surface area contributed by atoms with Gasteiger partial charge in [0.1, 0.15) is 5.75 Å². The van der Waals surface area contributed by atoms with Crippen LogP contribution in [0.2, 0.25) is 0 Å². The van der Waals surface area contributed by atoms with Gasteiger partial charge in [0.25, 0.3) is 0 Å². The van der Waals surface area contributed by atoms with Crippen molar-refractivity contribution in [3.8, 4) is 17.2 Å². The molecule has 7 nitrogen and oxygen atoms in total. The number of benzene rings is 1. The van der Waals surface area contributed by atoms with Gasteiger partial charge in [-0.2, -0.15) is 16.8 Å². The number of hydrogen-bond donors (Lipinski definition) is 0. The molecule has 19 heavy (non-hydrogen) atoms. The molecule has 0 aliphatic rings. The Bertz CT molecular complexity index is 646. The van der Waals surface area contributed by atoms with Crippen molar-refractivity contribution in [2.75, 3.05) is 19.1 Å². The van der Waals surface area contributed by atoms with Gasteiger partial charge in [0.05, 0.1) is 19.1 Å². The predicted octanol–water partition coefficient (Wildman–Crippen LogP) is 0.762. The third kappa shape index (κ3) is 5.79. The predicted molar refractivity (Wildman–Crippen MR) is 68.6 cm³/mol. The van der Waals surface area contributed by atoms with Gasteiger partial charge < -0.3 is 13.1 Å². The summed E-state index contributed by atoms with van der Waals surface area (Å²) in [7, 11) is -7.61. The van der Waals surface area contributed by atoms with Gasteiger partial charge in [-0.05, 0) is 19.1 Å². The third-order valence-corrected chi connectivity index (χ3v) is 2.67. The maximum absolute atomic E-state index is 11.1. The summed E-state index contributed by atoms with van der Waals surface area (Å²) in [6.07, 6.45) is 1.68. The van der Waals surface area contributed by atoms with Crippen LogP contribution >= 0.6 is 0 Å². The molecule has 0 saturated carbocycles. The molecule has 0 aliphatic carbocycles. The first-order valence-corrected chi connectivity index (χ1v) is 8.80. The lowest BCUT2D eigenvalue weighted by molar-refractivity contribution is 0.338. The van der Waals surface area contributed by atoms with Crippen LogP contribution in [0.4, 0.5) is 0 Å². The second-order valence-electron chi connectivity index (χ2n) is 3.62. The summed E-state index contributed by atoms with van der Waals surface area (Å²) in [6, 6.07) is 3.94. The van der Waals surface area contributed by atoms with Crippen molar-refractivity contribution < 1.29 is 29.9 Å². The van der Waals surface area contributed by atoms with Gasteiger partial charge >= 0.3 is 20.2 Å². The van der Waals surface area contributed by atoms with Crippen LogP contribution < -0.4 is 13.1 Å². The van der Waals surface area contributed by atoms with Gasteiger partial charge in [0.2, 0.25) is 0 Å². The van der Waals surface area contributed by atoms with Crippen LogP contribution in [0.1, 0.15) is 6.92 Å². The lowest BCUT2D eigenvalue weighted by Crippen LogP contribution is -2.10. The van der Waals surface area contributed by atoms with E-state index in [0.29, 0.717) is 12.4 Å². The second-order valence-corrected chi connectivity index (χ2v) is 6.77. The van der Waals surface area contributed by atoms with E-state index in [1.165, 1.54) is 18.2 Å². The van der Waals surface area contributed by atoms with Gasteiger partial charge in [-0.15, -0.1) is 0 Å². The topological polar surface area (TPSA) is 96.0 Å². The molecule has 0 radical (unpaired) electrons. The fourth-order valence-electron chi connectivity index (χ4n) is 1.20. The molecule has 0 spiro atoms. The first-order valence-electron chi connectivity index (χ1n) is 5.16. The SMILES string of the molecule is CCOc1ccc(OS(C)(=O)=O)c(OS(C)(=O)=O)c1. The molecule has 9 heteroatoms. The van der Waals surface area contributed by atoms with Crippen LogP contribution in [0.25, 0.3) is 0 Å². The van der Waals surface area contributed by atoms with Crippen LogP contribution in [-0.2, 0) is 20.2 Å². The highest BCUT2D eigenvalue weighted by Gasteiger charge is 2.16. The summed E-state index contributed by atoms with van der Waals surface area (Å²) in [5.74, 6) is -0.141. The van der Waals surface area contributed by atoms with Gasteiger partial charge in [-0.3, -0.25) is 0 Å². The van der Waals surface area contributed by atoms with E-state index in [-0.39, 0.29) is 11.5 Å². The van der Waals surface area contributed by atoms with E-state index < -0.39 is 20.2 Å². The molecule has 0 aliphatic heterocycles. The Hall–Kier alpha value is -1.48. The zero-order valence-corrected chi connectivity index (χ0v) is 12.2. The van der Waals surface area contributed by atoms with Crippen LogP contribution in [0.15, 0.2) is 18.2 Å². The minimum atomic E-state index is -3.82. The quantitative estimate of drug-likeness (QED) is 0.716. The first-order chi connectivity index (χ1) is 8.61. The Morgan fingerprint density at radius 1 is 0.947 bits per heavy atom. The van der Waals surface area contributed by atoms with Crippen molar-refractivity contribution in [2.45, 2.75) is 6.92 Å². The number of hydrogen-bond acceptors (Lipinski definition) is 7. The molecule has 108 valence electrons. The van der Waals surface area contributed by atoms with Crippen molar-refractivity contribution in [3.05, 3.63) is 18.2 Å². The highest BCUT2D eigenvalue weighted by molar-refractivity contribution is 7.86. The third-order valence-electron chi connectivity index (χ3n) is 1.71. The standard InChI is InChI=1S/C10H14O7S2/c1-4-15-8-5-6-9(16-18(2,11)12)10(7-8)17-19(3,13)14/h5-7H,4H2,1-3H3. The van der Waals surface area contributed by atoms with Crippen LogP contribution in [0.3, 0.4) is 0 Å². The van der Waals surface area contributed by atoms with Gasteiger partial charge in [-0.25, -0.2) is 0 Å². The summed E-state index contributed by atoms with van der Waals surface area (Å²) < 4.78 is 58.9. The molecule has 0 heterocycles. The van der Waals surface area contributed by atoms with Crippen molar-refractivity contribution >= 4 is 20.2 Å². The molecule has 0 fully saturated rings. The minimum Gasteiger partial charge on any atom is -0.494 e. The Balaban J connectivity index is 3.22. The van der Waals surface area contributed by atoms with Crippen molar-refractivity contribution in [3.63, 3.8) is 0 Å². The molecule has 0 saturated heterocycles. The lowest BCUT2D eigenvalue weighted by atomic mass is 10.3. The van der Waals surface area contributed by atoms with Crippen molar-refractivity contribution in [1.82, 2.24) is 0 Å². The summed E-state index contributed by atoms with van der Waals surface area (Å²) >= 11 is 0. The molecule has 0 N–H and O–H groups in total. The van der Waals surface area contributed by atoms with E-state index >= 15 is 0 Å². The van der Waals surface area contributed by atoms with E-state index in [1.54, 1.807) is 6.92 Å². The highest BCUT2D eigenvalue weighted by Crippen LogP contribution is 2.33. The highest BCUT2D eigenvalue weighted by atomic mass is 32.2. The Morgan fingerprint density at radius 2 is 1.47 bits per heavy atom. The van der Waals surface area contributed by atoms with Gasteiger partial charge in [0.15, 0.2) is 11.5 Å². The Kier molecular flexibility index (Phi) is 4.64. The van der Waals surface area contributed by atoms with Crippen LogP contribution in [0.5, 0.6) is 17.2 Å². The average molecular weight is 310 g/mol. The monoisotopic (exact) mass is 310 g/mol. The summed E-state index contributed by atoms with van der Waals surface area (Å²) in [4.78, 5) is 0. The van der Waals surface area contributed by atoms with Crippen molar-refractivity contribution in [1.29, 1.82) is 0 Å². The first kappa shape index (κ1) is 15.6. The zero-order chi connectivity index (χ0) is 14.7. The molecule has 0 aromatic heterocycles. The zero-order valence-electron chi connectivity index (χ0n) is 10.6. The Labute approximate surface area is 112 Å². The molecule has 0 unspecified atom stereocenters. The molecule has 0 bridgehead atoms. The normalized spacial score (nSPS) is 11.9. The smallest absolute Gasteiger partial charge is 0.306 e. The lowest BCUT2D eigenvalue weighted by Gasteiger charge is -2.11. The minimum absolute atomic E-state index is 0.226. The second kappa shape index (κ2) is 5.66. The van der Waals surface area contributed by atoms with E-state index in [1.807, 2.05) is 0 Å². The number of ether oxygens (including phenoxy) is 1. The molecule has 0 amide bonds. The van der Waals surface area contributed by atoms with Crippen molar-refractivity contribution in [2.24, 2.45) is 0 Å². The molecule has 1 aromatic rings. The summed E-state index contributed by atoms with van der Waals surface area (Å²) in [5.41, 5.74) is 0. The molecule has 1 rings (SSSR count). The maximum Gasteiger partial charge on any atom is 0.306 e. The molecular formula is C10H14O7S2. The molecular weight excluding hydrogens is 296 g/mol. The molecule has 1 aromatic carbocycles. The molecule has 0 atom stereocenters. The summed E-state index contributed by atoms with van der Waals surface area (Å²) in [5, 5.41) is 0. The van der Waals surface area contributed by atoms with Crippen LogP contribution in [-0.4, -0.2) is 36.0 Å². The van der Waals surface area contributed by atoms with E-state index in [2.05, 4.69) is 8.37 Å². The summed E-state index contributed by atoms with van der Waals surface area (Å²) in [6.45, 7) is 2.11. The van der Waals surface area contributed by atoms with Crippen LogP contribution in [0, 0.1) is 0 Å². The van der Waals surface area contributed by atoms with Gasteiger partial charge in [-0.1, -0.05) is 0 Å². The Morgan fingerprint density at radius 3 is 1.95 bits per heavy atom. The number of rotatable bonds is 6. The van der Waals surface area contributed by atoms with Gasteiger partial charge in [0, 0.05) is 6.07 Å². The van der Waals surface area contributed by atoms with E-state index in [0.717, 1.165) is 12.5 Å². The average Bonchev–Trinajstić information content (AvgIpc) is 2.18. The van der Waals surface area contributed by atoms with E-state index in [9.17, 15) is 16.8 Å². The fraction of sp³-hybridized carbons (Fsp3) is 0.400.